The molecule has 0 aliphatic rings. The highest BCUT2D eigenvalue weighted by Gasteiger charge is 2.34. The molecule has 82 valence electrons. The van der Waals surface area contributed by atoms with Crippen LogP contribution in [0.1, 0.15) is 6.92 Å². The van der Waals surface area contributed by atoms with Crippen LogP contribution in [-0.2, 0) is 24.3 Å². The number of thiol groups is 1. The first-order valence-electron chi connectivity index (χ1n) is 3.46. The summed E-state index contributed by atoms with van der Waals surface area (Å²) in [6, 6.07) is 0.816. The Bertz CT molecular complexity index is 152. The summed E-state index contributed by atoms with van der Waals surface area (Å²) >= 11 is 0. The zero-order valence-corrected chi connectivity index (χ0v) is 10.0. The molecule has 8 heteroatoms. The number of rotatable bonds is 4. The van der Waals surface area contributed by atoms with E-state index < -0.39 is 19.8 Å². The monoisotopic (exact) mass is 232 g/mol. The molecule has 6 nitrogen and oxygen atoms in total. The van der Waals surface area contributed by atoms with Gasteiger partial charge in [-0.1, -0.05) is 6.92 Å². The summed E-state index contributed by atoms with van der Waals surface area (Å²) in [5, 5.41) is 0. The molecular formula is C5H16O6SSi. The van der Waals surface area contributed by atoms with Crippen molar-refractivity contribution >= 4 is 19.8 Å². The molecule has 0 saturated carbocycles. The van der Waals surface area contributed by atoms with Crippen molar-refractivity contribution in [3.05, 3.63) is 0 Å². The lowest BCUT2D eigenvalue weighted by Gasteiger charge is -2.22. The zero-order chi connectivity index (χ0) is 10.9. The van der Waals surface area contributed by atoms with Crippen molar-refractivity contribution in [2.24, 2.45) is 0 Å². The van der Waals surface area contributed by atoms with E-state index in [-0.39, 0.29) is 0 Å². The van der Waals surface area contributed by atoms with E-state index in [1.807, 2.05) is 6.92 Å². The van der Waals surface area contributed by atoms with Gasteiger partial charge in [-0.25, -0.2) is 8.42 Å². The molecule has 0 saturated heterocycles. The molecule has 0 aromatic rings. The summed E-state index contributed by atoms with van der Waals surface area (Å²) < 4.78 is 39.4. The van der Waals surface area contributed by atoms with Gasteiger partial charge >= 0.3 is 8.80 Å². The average Bonchev–Trinajstić information content (AvgIpc) is 2.09. The number of hydrogen-bond acceptors (Lipinski definition) is 5. The van der Waals surface area contributed by atoms with Gasteiger partial charge in [0.05, 0.1) is 0 Å². The van der Waals surface area contributed by atoms with E-state index >= 15 is 0 Å². The summed E-state index contributed by atoms with van der Waals surface area (Å²) in [7, 11) is -0.470. The molecule has 0 aliphatic heterocycles. The Morgan fingerprint density at radius 2 is 1.38 bits per heavy atom. The van der Waals surface area contributed by atoms with E-state index in [0.29, 0.717) is 0 Å². The highest BCUT2D eigenvalue weighted by Crippen LogP contribution is 2.10. The maximum absolute atomic E-state index is 8.59. The normalized spacial score (nSPS) is 10.9. The summed E-state index contributed by atoms with van der Waals surface area (Å²) in [5.41, 5.74) is 0. The molecule has 0 spiro atoms. The predicted octanol–water partition coefficient (Wildman–Crippen LogP) is -0.0448. The van der Waals surface area contributed by atoms with Crippen molar-refractivity contribution in [3.8, 4) is 0 Å². The Labute approximate surface area is 81.0 Å². The Morgan fingerprint density at radius 3 is 1.38 bits per heavy atom. The van der Waals surface area contributed by atoms with Gasteiger partial charge < -0.3 is 13.3 Å². The van der Waals surface area contributed by atoms with Gasteiger partial charge in [-0.3, -0.25) is 4.55 Å². The van der Waals surface area contributed by atoms with E-state index in [0.717, 1.165) is 6.04 Å². The fraction of sp³-hybridized carbons (Fsp3) is 1.00. The van der Waals surface area contributed by atoms with Gasteiger partial charge in [0.2, 0.25) is 0 Å². The minimum Gasteiger partial charge on any atom is -0.377 e. The maximum atomic E-state index is 8.59. The Morgan fingerprint density at radius 1 is 1.15 bits per heavy atom. The highest BCUT2D eigenvalue weighted by atomic mass is 32.2. The van der Waals surface area contributed by atoms with Crippen LogP contribution in [0, 0.1) is 0 Å². The van der Waals surface area contributed by atoms with Crippen LogP contribution >= 0.6 is 0 Å². The lowest BCUT2D eigenvalue weighted by atomic mass is 11.0. The molecule has 0 aromatic heterocycles. The van der Waals surface area contributed by atoms with Crippen LogP contribution in [0.2, 0.25) is 6.04 Å². The Hall–Kier alpha value is 0.00688. The lowest BCUT2D eigenvalue weighted by Crippen LogP contribution is -2.41. The van der Waals surface area contributed by atoms with Crippen LogP contribution in [0.5, 0.6) is 0 Å². The first-order valence-corrected chi connectivity index (χ1v) is 6.53. The summed E-state index contributed by atoms with van der Waals surface area (Å²) in [5.74, 6) is 0. The smallest absolute Gasteiger partial charge is 0.377 e. The molecule has 0 radical (unpaired) electrons. The molecule has 0 fully saturated rings. The lowest BCUT2D eigenvalue weighted by molar-refractivity contribution is 0.125. The molecule has 0 atom stereocenters. The van der Waals surface area contributed by atoms with Crippen molar-refractivity contribution in [3.63, 3.8) is 0 Å². The van der Waals surface area contributed by atoms with Crippen molar-refractivity contribution in [2.45, 2.75) is 13.0 Å². The third kappa shape index (κ3) is 8.34. The van der Waals surface area contributed by atoms with Crippen molar-refractivity contribution < 1.29 is 26.2 Å². The summed E-state index contributed by atoms with van der Waals surface area (Å²) in [4.78, 5) is 0. The second-order valence-electron chi connectivity index (χ2n) is 1.89. The largest absolute Gasteiger partial charge is 0.499 e. The van der Waals surface area contributed by atoms with Crippen LogP contribution in [0.4, 0.5) is 0 Å². The fourth-order valence-corrected chi connectivity index (χ4v) is 2.05. The van der Waals surface area contributed by atoms with E-state index in [1.54, 1.807) is 21.3 Å². The molecule has 0 rings (SSSR count). The zero-order valence-electron chi connectivity index (χ0n) is 8.14. The highest BCUT2D eigenvalue weighted by molar-refractivity contribution is 7.66. The van der Waals surface area contributed by atoms with Crippen molar-refractivity contribution in [2.75, 3.05) is 21.3 Å². The van der Waals surface area contributed by atoms with Gasteiger partial charge in [-0.15, -0.1) is 0 Å². The molecule has 0 aliphatic carbocycles. The second kappa shape index (κ2) is 8.60. The number of hydrogen-bond donors (Lipinski definition) is 2. The van der Waals surface area contributed by atoms with Gasteiger partial charge in [0.1, 0.15) is 0 Å². The molecule has 0 amide bonds. The van der Waals surface area contributed by atoms with Crippen molar-refractivity contribution in [1.29, 1.82) is 0 Å². The molecule has 0 heterocycles. The molecule has 0 aromatic carbocycles. The Kier molecular flexibility index (Phi) is 10.2. The third-order valence-electron chi connectivity index (χ3n) is 1.37. The predicted molar refractivity (Wildman–Crippen MR) is 50.2 cm³/mol. The molecule has 1 N–H and O–H groups in total. The summed E-state index contributed by atoms with van der Waals surface area (Å²) in [6.45, 7) is 1.99. The van der Waals surface area contributed by atoms with Crippen LogP contribution in [0.25, 0.3) is 0 Å². The van der Waals surface area contributed by atoms with Gasteiger partial charge in [-0.2, -0.15) is 0 Å². The average molecular weight is 232 g/mol. The van der Waals surface area contributed by atoms with Crippen LogP contribution in [0.15, 0.2) is 0 Å². The molecule has 0 bridgehead atoms. The quantitative estimate of drug-likeness (QED) is 0.402. The van der Waals surface area contributed by atoms with Crippen LogP contribution < -0.4 is 0 Å². The SMILES string of the molecule is CC[Si](OC)(OC)OC.O=[SH](=O)O. The van der Waals surface area contributed by atoms with Gasteiger partial charge in [-0.05, 0) is 0 Å². The standard InChI is InChI=1S/C5H14O3Si.H2O3S/c1-5-9(6-2,7-3)8-4;1-4(2)3/h5H2,1-4H3;4H,(H,1,2,3). The first kappa shape index (κ1) is 15.5. The van der Waals surface area contributed by atoms with Gasteiger partial charge in [0.15, 0.2) is 0 Å². The summed E-state index contributed by atoms with van der Waals surface area (Å²) in [6.07, 6.45) is 0. The van der Waals surface area contributed by atoms with E-state index in [2.05, 4.69) is 0 Å². The van der Waals surface area contributed by atoms with Crippen LogP contribution in [0.3, 0.4) is 0 Å². The fourth-order valence-electron chi connectivity index (χ4n) is 0.683. The van der Waals surface area contributed by atoms with E-state index in [9.17, 15) is 0 Å². The topological polar surface area (TPSA) is 82.1 Å². The molecule has 0 unspecified atom stereocenters. The second-order valence-corrected chi connectivity index (χ2v) is 5.66. The maximum Gasteiger partial charge on any atom is 0.499 e. The van der Waals surface area contributed by atoms with Crippen LogP contribution in [-0.4, -0.2) is 43.1 Å². The Balaban J connectivity index is 0. The third-order valence-corrected chi connectivity index (χ3v) is 4.10. The first-order chi connectivity index (χ1) is 5.97. The van der Waals surface area contributed by atoms with E-state index in [1.165, 1.54) is 0 Å². The van der Waals surface area contributed by atoms with E-state index in [4.69, 9.17) is 26.2 Å². The van der Waals surface area contributed by atoms with Gasteiger partial charge in [0.25, 0.3) is 11.0 Å². The minimum atomic E-state index is -3.12. The molecule has 13 heavy (non-hydrogen) atoms. The minimum absolute atomic E-state index is 0.816. The molecular weight excluding hydrogens is 216 g/mol. The van der Waals surface area contributed by atoms with Gasteiger partial charge in [0, 0.05) is 27.4 Å². The van der Waals surface area contributed by atoms with Crippen molar-refractivity contribution in [1.82, 2.24) is 0 Å².